The molecule has 4 atom stereocenters. The maximum absolute atomic E-state index is 13.1. The molecule has 10 nitrogen and oxygen atoms in total. The second-order valence-electron chi connectivity index (χ2n) is 14.8. The molecule has 0 saturated carbocycles. The minimum absolute atomic E-state index is 0.0222. The number of nitrogens with one attached hydrogen (secondary N) is 1. The van der Waals surface area contributed by atoms with Gasteiger partial charge in [0.25, 0.3) is 5.91 Å². The number of amides is 1. The first-order valence-corrected chi connectivity index (χ1v) is 18.3. The summed E-state index contributed by atoms with van der Waals surface area (Å²) in [7, 11) is 0. The highest BCUT2D eigenvalue weighted by atomic mass is 16.7. The van der Waals surface area contributed by atoms with Crippen LogP contribution in [-0.4, -0.2) is 62.7 Å². The van der Waals surface area contributed by atoms with Gasteiger partial charge >= 0.3 is 5.97 Å². The number of para-hydroxylation sites is 2. The van der Waals surface area contributed by atoms with Gasteiger partial charge in [0.1, 0.15) is 17.3 Å². The fraction of sp³-hybridized carbons (Fsp3) is 0.349. The molecule has 53 heavy (non-hydrogen) atoms. The van der Waals surface area contributed by atoms with Crippen molar-refractivity contribution < 1.29 is 28.9 Å². The summed E-state index contributed by atoms with van der Waals surface area (Å²) in [4.78, 5) is 37.0. The summed E-state index contributed by atoms with van der Waals surface area (Å²) in [5.41, 5.74) is 6.88. The Hall–Kier alpha value is -5.00. The van der Waals surface area contributed by atoms with Gasteiger partial charge in [-0.05, 0) is 86.2 Å². The third kappa shape index (κ3) is 8.97. The third-order valence-corrected chi connectivity index (χ3v) is 9.67. The van der Waals surface area contributed by atoms with Gasteiger partial charge in [-0.3, -0.25) is 19.5 Å². The van der Waals surface area contributed by atoms with Crippen LogP contribution in [0.5, 0.6) is 0 Å². The Morgan fingerprint density at radius 2 is 1.64 bits per heavy atom. The first-order valence-electron chi connectivity index (χ1n) is 18.3. The topological polar surface area (TPSA) is 123 Å². The van der Waals surface area contributed by atoms with E-state index in [2.05, 4.69) is 38.4 Å². The smallest absolute Gasteiger partial charge is 0.323 e. The predicted octanol–water partition coefficient (Wildman–Crippen LogP) is 7.07. The van der Waals surface area contributed by atoms with E-state index in [1.807, 2.05) is 99.6 Å². The fourth-order valence-electron chi connectivity index (χ4n) is 7.01. The van der Waals surface area contributed by atoms with Crippen LogP contribution in [0.15, 0.2) is 103 Å². The molecule has 0 aliphatic carbocycles. The van der Waals surface area contributed by atoms with E-state index in [1.165, 1.54) is 6.20 Å². The summed E-state index contributed by atoms with van der Waals surface area (Å²) in [6, 6.07) is 31.3. The molecule has 0 bridgehead atoms. The second kappa shape index (κ2) is 15.9. The molecular formula is C43H46N4O6. The lowest BCUT2D eigenvalue weighted by atomic mass is 9.98. The maximum atomic E-state index is 13.1. The number of rotatable bonds is 10. The standard InChI is InChI=1S/C43H46N4O6/c1-43(2,3)53-41(50)38-12-7-21-47(38)26-34-23-39(31-15-13-28(27-48)14-16-31)52-42(51-34)32-19-17-30(18-20-32)33-9-6-8-29(22-33)24-45-40(49)37-25-44-35-10-4-5-11-36(35)46-37/h4-6,8-11,13-20,22,25,34,38-39,42,48H,7,12,21,23-24,26-27H2,1-3H3,(H,45,49)/t34-,38-,39+,42+/m0/s1. The van der Waals surface area contributed by atoms with Crippen molar-refractivity contribution in [1.82, 2.24) is 20.2 Å². The highest BCUT2D eigenvalue weighted by Crippen LogP contribution is 2.39. The number of ether oxygens (including phenoxy) is 3. The van der Waals surface area contributed by atoms with Gasteiger partial charge in [0.05, 0.1) is 36.0 Å². The molecule has 5 aromatic rings. The summed E-state index contributed by atoms with van der Waals surface area (Å²) in [5.74, 6) is -0.465. The van der Waals surface area contributed by atoms with Crippen LogP contribution in [0.2, 0.25) is 0 Å². The Morgan fingerprint density at radius 3 is 2.40 bits per heavy atom. The SMILES string of the molecule is CC(C)(C)OC(=O)[C@@H]1CCCN1C[C@@H]1C[C@H](c2ccc(CO)cc2)O[C@H](c2ccc(-c3cccc(CNC(=O)c4cnc5ccccc5n4)c3)cc2)O1. The summed E-state index contributed by atoms with van der Waals surface area (Å²) < 4.78 is 19.0. The van der Waals surface area contributed by atoms with Crippen molar-refractivity contribution in [1.29, 1.82) is 0 Å². The maximum Gasteiger partial charge on any atom is 0.323 e. The van der Waals surface area contributed by atoms with Crippen molar-refractivity contribution in [2.45, 2.75) is 83.3 Å². The minimum Gasteiger partial charge on any atom is -0.459 e. The van der Waals surface area contributed by atoms with Crippen molar-refractivity contribution >= 4 is 22.9 Å². The van der Waals surface area contributed by atoms with Gasteiger partial charge in [-0.15, -0.1) is 0 Å². The second-order valence-corrected chi connectivity index (χ2v) is 14.8. The molecule has 0 unspecified atom stereocenters. The molecule has 2 N–H and O–H groups in total. The van der Waals surface area contributed by atoms with Gasteiger partial charge in [-0.2, -0.15) is 0 Å². The zero-order chi connectivity index (χ0) is 37.0. The lowest BCUT2D eigenvalue weighted by molar-refractivity contribution is -0.253. The van der Waals surface area contributed by atoms with Gasteiger partial charge in [0.15, 0.2) is 6.29 Å². The number of esters is 1. The van der Waals surface area contributed by atoms with E-state index in [1.54, 1.807) is 0 Å². The molecule has 1 amide bonds. The van der Waals surface area contributed by atoms with Crippen molar-refractivity contribution in [2.24, 2.45) is 0 Å². The van der Waals surface area contributed by atoms with Crippen molar-refractivity contribution in [3.63, 3.8) is 0 Å². The van der Waals surface area contributed by atoms with Crippen molar-refractivity contribution in [3.8, 4) is 11.1 Å². The van der Waals surface area contributed by atoms with E-state index < -0.39 is 11.9 Å². The lowest BCUT2D eigenvalue weighted by Gasteiger charge is -2.38. The quantitative estimate of drug-likeness (QED) is 0.146. The molecular weight excluding hydrogens is 668 g/mol. The average Bonchev–Trinajstić information content (AvgIpc) is 3.64. The van der Waals surface area contributed by atoms with E-state index in [9.17, 15) is 14.7 Å². The Kier molecular flexibility index (Phi) is 10.9. The number of aromatic nitrogens is 2. The first-order chi connectivity index (χ1) is 25.6. The van der Waals surface area contributed by atoms with E-state index in [0.29, 0.717) is 25.0 Å². The summed E-state index contributed by atoms with van der Waals surface area (Å²) >= 11 is 0. The number of aliphatic hydroxyl groups is 1. The van der Waals surface area contributed by atoms with Crippen molar-refractivity contribution in [3.05, 3.63) is 131 Å². The zero-order valence-corrected chi connectivity index (χ0v) is 30.4. The third-order valence-electron chi connectivity index (χ3n) is 9.67. The lowest BCUT2D eigenvalue weighted by Crippen LogP contribution is -2.45. The molecule has 2 aliphatic heterocycles. The average molecular weight is 715 g/mol. The summed E-state index contributed by atoms with van der Waals surface area (Å²) in [5, 5.41) is 12.6. The highest BCUT2D eigenvalue weighted by Gasteiger charge is 2.39. The molecule has 0 spiro atoms. The van der Waals surface area contributed by atoms with Crippen LogP contribution in [0.1, 0.15) is 85.2 Å². The molecule has 2 aliphatic rings. The molecule has 2 fully saturated rings. The zero-order valence-electron chi connectivity index (χ0n) is 30.4. The van der Waals surface area contributed by atoms with Crippen LogP contribution in [0.4, 0.5) is 0 Å². The van der Waals surface area contributed by atoms with Gasteiger partial charge < -0.3 is 24.6 Å². The molecule has 4 aromatic carbocycles. The highest BCUT2D eigenvalue weighted by molar-refractivity contribution is 5.93. The van der Waals surface area contributed by atoms with Crippen LogP contribution in [0.25, 0.3) is 22.2 Å². The van der Waals surface area contributed by atoms with Crippen LogP contribution in [0, 0.1) is 0 Å². The monoisotopic (exact) mass is 714 g/mol. The number of fused-ring (bicyclic) bond motifs is 1. The number of nitrogens with zero attached hydrogens (tertiary/aromatic N) is 3. The van der Waals surface area contributed by atoms with Crippen LogP contribution in [0.3, 0.4) is 0 Å². The Morgan fingerprint density at radius 1 is 0.887 bits per heavy atom. The first kappa shape index (κ1) is 36.4. The number of likely N-dealkylation sites (tertiary alicyclic amines) is 1. The van der Waals surface area contributed by atoms with Gasteiger partial charge in [0.2, 0.25) is 0 Å². The summed E-state index contributed by atoms with van der Waals surface area (Å²) in [6.07, 6.45) is 2.78. The van der Waals surface area contributed by atoms with Crippen molar-refractivity contribution in [2.75, 3.05) is 13.1 Å². The van der Waals surface area contributed by atoms with Gasteiger partial charge in [-0.25, -0.2) is 4.98 Å². The normalized spacial score (nSPS) is 20.7. The molecule has 0 radical (unpaired) electrons. The van der Waals surface area contributed by atoms with Crippen LogP contribution >= 0.6 is 0 Å². The number of hydrogen-bond donors (Lipinski definition) is 2. The Labute approximate surface area is 310 Å². The largest absolute Gasteiger partial charge is 0.459 e. The Bertz CT molecular complexity index is 2050. The van der Waals surface area contributed by atoms with Crippen LogP contribution < -0.4 is 5.32 Å². The number of benzene rings is 4. The predicted molar refractivity (Wildman–Crippen MR) is 201 cm³/mol. The fourth-order valence-corrected chi connectivity index (χ4v) is 7.01. The molecule has 274 valence electrons. The molecule has 3 heterocycles. The Balaban J connectivity index is 1.04. The van der Waals surface area contributed by atoms with E-state index in [0.717, 1.165) is 58.3 Å². The number of carbonyl (C=O) groups excluding carboxylic acids is 2. The molecule has 7 rings (SSSR count). The number of aliphatic hydroxyl groups excluding tert-OH is 1. The summed E-state index contributed by atoms with van der Waals surface area (Å²) in [6.45, 7) is 7.41. The number of carbonyl (C=O) groups is 2. The van der Waals surface area contributed by atoms with E-state index in [-0.39, 0.29) is 42.4 Å². The van der Waals surface area contributed by atoms with E-state index in [4.69, 9.17) is 14.2 Å². The van der Waals surface area contributed by atoms with Crippen LogP contribution in [-0.2, 0) is 32.2 Å². The van der Waals surface area contributed by atoms with E-state index >= 15 is 0 Å². The molecule has 1 aromatic heterocycles. The number of hydrogen-bond acceptors (Lipinski definition) is 9. The molecule has 2 saturated heterocycles. The molecule has 10 heteroatoms. The van der Waals surface area contributed by atoms with Gasteiger partial charge in [-0.1, -0.05) is 78.9 Å². The van der Waals surface area contributed by atoms with Gasteiger partial charge in [0, 0.05) is 25.1 Å². The minimum atomic E-state index is -0.618.